The summed E-state index contributed by atoms with van der Waals surface area (Å²) >= 11 is 0. The lowest BCUT2D eigenvalue weighted by Gasteiger charge is -2.21. The molecule has 90 valence electrons. The highest BCUT2D eigenvalue weighted by Crippen LogP contribution is 2.31. The van der Waals surface area contributed by atoms with Gasteiger partial charge in [0, 0.05) is 13.0 Å². The van der Waals surface area contributed by atoms with Gasteiger partial charge in [-0.05, 0) is 12.1 Å². The number of rotatable bonds is 1. The number of nitrogens with two attached hydrogens (primary N) is 1. The van der Waals surface area contributed by atoms with Crippen LogP contribution in [0.5, 0.6) is 0 Å². The first-order valence-electron chi connectivity index (χ1n) is 5.22. The van der Waals surface area contributed by atoms with Crippen molar-refractivity contribution in [2.75, 3.05) is 23.3 Å². The standard InChI is InChI=1S/C11H12FN3O2/c12-7-2-1-3-8-11(7)14-9(16)4-5-15(8)10(17)6-13/h1-3H,4-6,13H2,(H,14,16). The molecular formula is C11H12FN3O2. The average molecular weight is 237 g/mol. The number of carbonyl (C=O) groups excluding carboxylic acids is 2. The van der Waals surface area contributed by atoms with Gasteiger partial charge in [-0.25, -0.2) is 4.39 Å². The maximum atomic E-state index is 13.6. The van der Waals surface area contributed by atoms with Gasteiger partial charge in [0.15, 0.2) is 0 Å². The van der Waals surface area contributed by atoms with E-state index in [9.17, 15) is 14.0 Å². The molecule has 0 unspecified atom stereocenters. The third-order valence-electron chi connectivity index (χ3n) is 2.58. The third kappa shape index (κ3) is 2.12. The van der Waals surface area contributed by atoms with E-state index in [0.29, 0.717) is 5.69 Å². The van der Waals surface area contributed by atoms with Crippen molar-refractivity contribution in [3.8, 4) is 0 Å². The van der Waals surface area contributed by atoms with E-state index in [4.69, 9.17) is 5.73 Å². The first kappa shape index (κ1) is 11.5. The Kier molecular flexibility index (Phi) is 3.06. The van der Waals surface area contributed by atoms with Crippen molar-refractivity contribution in [2.45, 2.75) is 6.42 Å². The third-order valence-corrected chi connectivity index (χ3v) is 2.58. The Labute approximate surface area is 97.4 Å². The number of para-hydroxylation sites is 1. The first-order valence-corrected chi connectivity index (χ1v) is 5.22. The minimum Gasteiger partial charge on any atom is -0.322 e. The van der Waals surface area contributed by atoms with E-state index in [0.717, 1.165) is 0 Å². The van der Waals surface area contributed by atoms with Crippen molar-refractivity contribution in [2.24, 2.45) is 5.73 Å². The Balaban J connectivity index is 2.50. The minimum atomic E-state index is -0.562. The van der Waals surface area contributed by atoms with Crippen molar-refractivity contribution >= 4 is 23.2 Å². The van der Waals surface area contributed by atoms with E-state index >= 15 is 0 Å². The van der Waals surface area contributed by atoms with Crippen molar-refractivity contribution in [1.29, 1.82) is 0 Å². The number of hydrogen-bond acceptors (Lipinski definition) is 3. The molecule has 0 radical (unpaired) electrons. The van der Waals surface area contributed by atoms with E-state index < -0.39 is 5.82 Å². The molecule has 1 aromatic rings. The minimum absolute atomic E-state index is 0.0387. The van der Waals surface area contributed by atoms with Crippen LogP contribution < -0.4 is 16.0 Å². The van der Waals surface area contributed by atoms with E-state index in [1.165, 1.54) is 17.0 Å². The van der Waals surface area contributed by atoms with Crippen molar-refractivity contribution in [3.05, 3.63) is 24.0 Å². The van der Waals surface area contributed by atoms with Gasteiger partial charge in [-0.15, -0.1) is 0 Å². The lowest BCUT2D eigenvalue weighted by Crippen LogP contribution is -2.36. The molecule has 3 N–H and O–H groups in total. The summed E-state index contributed by atoms with van der Waals surface area (Å²) in [7, 11) is 0. The number of benzene rings is 1. The summed E-state index contributed by atoms with van der Waals surface area (Å²) in [4.78, 5) is 24.4. The average Bonchev–Trinajstić information content (AvgIpc) is 2.48. The maximum absolute atomic E-state index is 13.6. The normalized spacial score (nSPS) is 14.9. The molecule has 6 heteroatoms. The summed E-state index contributed by atoms with van der Waals surface area (Å²) in [5.74, 6) is -1.22. The quantitative estimate of drug-likeness (QED) is 0.745. The zero-order chi connectivity index (χ0) is 12.4. The van der Waals surface area contributed by atoms with Crippen LogP contribution in [0.4, 0.5) is 15.8 Å². The topological polar surface area (TPSA) is 75.4 Å². The molecule has 1 aliphatic heterocycles. The highest BCUT2D eigenvalue weighted by atomic mass is 19.1. The fraction of sp³-hybridized carbons (Fsp3) is 0.273. The molecular weight excluding hydrogens is 225 g/mol. The van der Waals surface area contributed by atoms with Crippen molar-refractivity contribution in [3.63, 3.8) is 0 Å². The Hall–Kier alpha value is -1.95. The zero-order valence-corrected chi connectivity index (χ0v) is 9.07. The molecule has 0 atom stereocenters. The molecule has 1 heterocycles. The zero-order valence-electron chi connectivity index (χ0n) is 9.07. The summed E-state index contributed by atoms with van der Waals surface area (Å²) in [6.45, 7) is 0.0302. The van der Waals surface area contributed by atoms with Crippen LogP contribution in [0.2, 0.25) is 0 Å². The molecule has 1 aliphatic rings. The number of nitrogens with zero attached hydrogens (tertiary/aromatic N) is 1. The van der Waals surface area contributed by atoms with Crippen LogP contribution in [0.1, 0.15) is 6.42 Å². The van der Waals surface area contributed by atoms with Crippen molar-refractivity contribution < 1.29 is 14.0 Å². The number of nitrogens with one attached hydrogen (secondary N) is 1. The van der Waals surface area contributed by atoms with Crippen LogP contribution in [0.3, 0.4) is 0 Å². The largest absolute Gasteiger partial charge is 0.322 e. The molecule has 2 rings (SSSR count). The first-order chi connectivity index (χ1) is 8.13. The molecule has 0 aliphatic carbocycles. The van der Waals surface area contributed by atoms with Gasteiger partial charge in [-0.2, -0.15) is 0 Å². The fourth-order valence-electron chi connectivity index (χ4n) is 1.77. The molecule has 2 amide bonds. The number of anilines is 2. The lowest BCUT2D eigenvalue weighted by molar-refractivity contribution is -0.117. The molecule has 0 spiro atoms. The molecule has 0 saturated carbocycles. The predicted molar refractivity (Wildman–Crippen MR) is 61.1 cm³/mol. The van der Waals surface area contributed by atoms with Crippen LogP contribution in [0, 0.1) is 5.82 Å². The second-order valence-corrected chi connectivity index (χ2v) is 3.68. The van der Waals surface area contributed by atoms with Gasteiger partial charge in [0.05, 0.1) is 12.2 Å². The maximum Gasteiger partial charge on any atom is 0.240 e. The Morgan fingerprint density at radius 2 is 2.29 bits per heavy atom. The monoisotopic (exact) mass is 237 g/mol. The number of amides is 2. The Bertz CT molecular complexity index is 476. The highest BCUT2D eigenvalue weighted by molar-refractivity contribution is 6.04. The molecule has 1 aromatic carbocycles. The lowest BCUT2D eigenvalue weighted by atomic mass is 10.2. The summed E-state index contributed by atoms with van der Waals surface area (Å²) in [5.41, 5.74) is 5.69. The molecule has 17 heavy (non-hydrogen) atoms. The van der Waals surface area contributed by atoms with Crippen LogP contribution in [-0.2, 0) is 9.59 Å². The van der Waals surface area contributed by atoms with Gasteiger partial charge in [-0.1, -0.05) is 6.07 Å². The molecule has 0 saturated heterocycles. The van der Waals surface area contributed by atoms with Gasteiger partial charge in [-0.3, -0.25) is 9.59 Å². The van der Waals surface area contributed by atoms with Crippen LogP contribution in [0.25, 0.3) is 0 Å². The molecule has 0 bridgehead atoms. The fourth-order valence-corrected chi connectivity index (χ4v) is 1.77. The van der Waals surface area contributed by atoms with E-state index in [-0.39, 0.29) is 37.0 Å². The second kappa shape index (κ2) is 4.50. The van der Waals surface area contributed by atoms with Gasteiger partial charge in [0.25, 0.3) is 0 Å². The Morgan fingerprint density at radius 1 is 1.53 bits per heavy atom. The number of halogens is 1. The summed E-state index contributed by atoms with van der Waals surface area (Å²) in [6, 6.07) is 4.30. The SMILES string of the molecule is NCC(=O)N1CCC(=O)Nc2c(F)cccc21. The van der Waals surface area contributed by atoms with Gasteiger partial charge >= 0.3 is 0 Å². The Morgan fingerprint density at radius 3 is 3.00 bits per heavy atom. The summed E-state index contributed by atoms with van der Waals surface area (Å²) < 4.78 is 13.6. The molecule has 5 nitrogen and oxygen atoms in total. The van der Waals surface area contributed by atoms with Gasteiger partial charge in [0.1, 0.15) is 11.5 Å². The number of fused-ring (bicyclic) bond motifs is 1. The van der Waals surface area contributed by atoms with Crippen molar-refractivity contribution in [1.82, 2.24) is 0 Å². The van der Waals surface area contributed by atoms with E-state index in [2.05, 4.69) is 5.32 Å². The smallest absolute Gasteiger partial charge is 0.240 e. The van der Waals surface area contributed by atoms with Crippen LogP contribution in [-0.4, -0.2) is 24.9 Å². The van der Waals surface area contributed by atoms with E-state index in [1.807, 2.05) is 0 Å². The second-order valence-electron chi connectivity index (χ2n) is 3.68. The highest BCUT2D eigenvalue weighted by Gasteiger charge is 2.24. The van der Waals surface area contributed by atoms with Crippen LogP contribution >= 0.6 is 0 Å². The summed E-state index contributed by atoms with van der Waals surface area (Å²) in [5, 5.41) is 2.45. The molecule has 0 aromatic heterocycles. The predicted octanol–water partition coefficient (Wildman–Crippen LogP) is 0.460. The summed E-state index contributed by atoms with van der Waals surface area (Å²) in [6.07, 6.45) is 0.125. The number of hydrogen-bond donors (Lipinski definition) is 2. The van der Waals surface area contributed by atoms with E-state index in [1.54, 1.807) is 6.07 Å². The molecule has 0 fully saturated rings. The number of carbonyl (C=O) groups is 2. The van der Waals surface area contributed by atoms with Gasteiger partial charge in [0.2, 0.25) is 11.8 Å². The van der Waals surface area contributed by atoms with Crippen LogP contribution in [0.15, 0.2) is 18.2 Å². The van der Waals surface area contributed by atoms with Gasteiger partial charge < -0.3 is 16.0 Å².